The van der Waals surface area contributed by atoms with Gasteiger partial charge in [-0.2, -0.15) is 0 Å². The van der Waals surface area contributed by atoms with Crippen LogP contribution in [-0.4, -0.2) is 44.1 Å². The summed E-state index contributed by atoms with van der Waals surface area (Å²) in [7, 11) is 0. The molecule has 0 fully saturated rings. The minimum atomic E-state index is -0.604. The third-order valence-corrected chi connectivity index (χ3v) is 5.20. The van der Waals surface area contributed by atoms with E-state index >= 15 is 0 Å². The van der Waals surface area contributed by atoms with E-state index in [1.807, 2.05) is 18.2 Å². The van der Waals surface area contributed by atoms with Crippen LogP contribution in [0.15, 0.2) is 24.3 Å². The summed E-state index contributed by atoms with van der Waals surface area (Å²) < 4.78 is 0. The lowest BCUT2D eigenvalue weighted by Gasteiger charge is -2.17. The van der Waals surface area contributed by atoms with Gasteiger partial charge in [-0.1, -0.05) is 57.1 Å². The number of benzene rings is 1. The molecule has 2 atom stereocenters. The highest BCUT2D eigenvalue weighted by Gasteiger charge is 2.15. The number of hydrogen-bond acceptors (Lipinski definition) is 4. The summed E-state index contributed by atoms with van der Waals surface area (Å²) in [6.07, 6.45) is 10.4. The van der Waals surface area contributed by atoms with E-state index in [1.165, 1.54) is 6.42 Å². The number of imidazole rings is 1. The molecular formula is C22H36N2O3. The Morgan fingerprint density at radius 1 is 0.778 bits per heavy atom. The number of aryl methyl sites for hydroxylation is 1. The second-order valence-corrected chi connectivity index (χ2v) is 7.57. The maximum atomic E-state index is 10.0. The zero-order chi connectivity index (χ0) is 19.3. The summed E-state index contributed by atoms with van der Waals surface area (Å²) in [6.45, 7) is 0.240. The molecule has 0 aliphatic carbocycles. The lowest BCUT2D eigenvalue weighted by molar-refractivity contribution is 0.00709. The Morgan fingerprint density at radius 3 is 2.04 bits per heavy atom. The van der Waals surface area contributed by atoms with Crippen molar-refractivity contribution in [2.75, 3.05) is 6.61 Å². The van der Waals surface area contributed by atoms with Crippen molar-refractivity contribution in [3.63, 3.8) is 0 Å². The molecule has 0 bridgehead atoms. The molecule has 2 unspecified atom stereocenters. The molecule has 0 radical (unpaired) electrons. The first-order chi connectivity index (χ1) is 13.2. The van der Waals surface area contributed by atoms with E-state index in [0.29, 0.717) is 12.8 Å². The van der Waals surface area contributed by atoms with Crippen LogP contribution < -0.4 is 0 Å². The Morgan fingerprint density at radius 2 is 1.37 bits per heavy atom. The van der Waals surface area contributed by atoms with Gasteiger partial charge in [0.25, 0.3) is 0 Å². The lowest BCUT2D eigenvalue weighted by atomic mass is 10.00. The van der Waals surface area contributed by atoms with Gasteiger partial charge < -0.3 is 20.3 Å². The van der Waals surface area contributed by atoms with Gasteiger partial charge in [0.05, 0.1) is 23.2 Å². The first kappa shape index (κ1) is 21.9. The third kappa shape index (κ3) is 8.41. The summed E-state index contributed by atoms with van der Waals surface area (Å²) in [5.74, 6) is 1.06. The van der Waals surface area contributed by atoms with Crippen molar-refractivity contribution in [3.05, 3.63) is 30.1 Å². The molecule has 0 saturated carbocycles. The zero-order valence-electron chi connectivity index (χ0n) is 16.4. The number of rotatable bonds is 15. The Labute approximate surface area is 162 Å². The molecular weight excluding hydrogens is 340 g/mol. The highest BCUT2D eigenvalue weighted by Crippen LogP contribution is 2.15. The second-order valence-electron chi connectivity index (χ2n) is 7.57. The number of aromatic amines is 1. The van der Waals surface area contributed by atoms with E-state index in [9.17, 15) is 10.2 Å². The average molecular weight is 377 g/mol. The van der Waals surface area contributed by atoms with Gasteiger partial charge in [-0.15, -0.1) is 0 Å². The summed E-state index contributed by atoms with van der Waals surface area (Å²) in [6, 6.07) is 8.12. The van der Waals surface area contributed by atoms with Gasteiger partial charge in [0, 0.05) is 13.0 Å². The average Bonchev–Trinajstić information content (AvgIpc) is 3.09. The van der Waals surface area contributed by atoms with E-state index in [4.69, 9.17) is 5.11 Å². The number of unbranched alkanes of at least 4 members (excludes halogenated alkanes) is 7. The van der Waals surface area contributed by atoms with Crippen molar-refractivity contribution >= 4 is 11.0 Å². The molecule has 5 nitrogen and oxygen atoms in total. The van der Waals surface area contributed by atoms with E-state index in [0.717, 1.165) is 74.6 Å². The van der Waals surface area contributed by atoms with Gasteiger partial charge in [-0.05, 0) is 37.8 Å². The number of aliphatic hydroxyl groups is 3. The van der Waals surface area contributed by atoms with Gasteiger partial charge in [-0.3, -0.25) is 0 Å². The largest absolute Gasteiger partial charge is 0.396 e. The first-order valence-corrected chi connectivity index (χ1v) is 10.6. The van der Waals surface area contributed by atoms with E-state index in [1.54, 1.807) is 0 Å². The molecule has 5 heteroatoms. The molecule has 1 aromatic carbocycles. The number of nitrogens with one attached hydrogen (secondary N) is 1. The quantitative estimate of drug-likeness (QED) is 0.352. The second kappa shape index (κ2) is 12.9. The fourth-order valence-electron chi connectivity index (χ4n) is 3.50. The van der Waals surface area contributed by atoms with Gasteiger partial charge in [0.2, 0.25) is 0 Å². The molecule has 0 saturated heterocycles. The smallest absolute Gasteiger partial charge is 0.107 e. The van der Waals surface area contributed by atoms with Gasteiger partial charge in [0.1, 0.15) is 5.82 Å². The van der Waals surface area contributed by atoms with Crippen LogP contribution in [0.2, 0.25) is 0 Å². The highest BCUT2D eigenvalue weighted by molar-refractivity contribution is 5.74. The van der Waals surface area contributed by atoms with Gasteiger partial charge in [-0.25, -0.2) is 4.98 Å². The van der Waals surface area contributed by atoms with E-state index in [2.05, 4.69) is 16.0 Å². The van der Waals surface area contributed by atoms with Gasteiger partial charge >= 0.3 is 0 Å². The number of para-hydroxylation sites is 2. The number of H-pyrrole nitrogens is 1. The summed E-state index contributed by atoms with van der Waals surface area (Å²) in [4.78, 5) is 7.97. The van der Waals surface area contributed by atoms with Crippen LogP contribution in [0.25, 0.3) is 11.0 Å². The van der Waals surface area contributed by atoms with Crippen molar-refractivity contribution in [1.29, 1.82) is 0 Å². The third-order valence-electron chi connectivity index (χ3n) is 5.20. The minimum absolute atomic E-state index is 0.240. The molecule has 1 aromatic heterocycles. The number of nitrogens with zero attached hydrogens (tertiary/aromatic N) is 1. The number of aliphatic hydroxyl groups excluding tert-OH is 3. The first-order valence-electron chi connectivity index (χ1n) is 10.6. The van der Waals surface area contributed by atoms with E-state index < -0.39 is 12.2 Å². The Bertz CT molecular complexity index is 596. The number of hydrogen-bond donors (Lipinski definition) is 4. The minimum Gasteiger partial charge on any atom is -0.396 e. The van der Waals surface area contributed by atoms with Crippen LogP contribution >= 0.6 is 0 Å². The molecule has 2 rings (SSSR count). The van der Waals surface area contributed by atoms with Crippen LogP contribution in [0.3, 0.4) is 0 Å². The number of fused-ring (bicyclic) bond motifs is 1. The van der Waals surface area contributed by atoms with Crippen LogP contribution in [0.4, 0.5) is 0 Å². The maximum absolute atomic E-state index is 10.0. The van der Waals surface area contributed by atoms with Crippen molar-refractivity contribution in [2.24, 2.45) is 0 Å². The fourth-order valence-corrected chi connectivity index (χ4v) is 3.50. The highest BCUT2D eigenvalue weighted by atomic mass is 16.3. The summed E-state index contributed by atoms with van der Waals surface area (Å²) in [5.41, 5.74) is 2.14. The molecule has 0 aliphatic heterocycles. The maximum Gasteiger partial charge on any atom is 0.107 e. The molecule has 27 heavy (non-hydrogen) atoms. The van der Waals surface area contributed by atoms with Crippen LogP contribution in [-0.2, 0) is 6.42 Å². The van der Waals surface area contributed by atoms with E-state index in [-0.39, 0.29) is 6.61 Å². The van der Waals surface area contributed by atoms with Crippen molar-refractivity contribution in [3.8, 4) is 0 Å². The topological polar surface area (TPSA) is 89.4 Å². The fraction of sp³-hybridized carbons (Fsp3) is 0.682. The predicted molar refractivity (Wildman–Crippen MR) is 110 cm³/mol. The Kier molecular flexibility index (Phi) is 10.4. The SMILES string of the molecule is OCCCCCCC(O)C(O)CCCCCCCc1nc2ccccc2[nH]1. The van der Waals surface area contributed by atoms with Crippen molar-refractivity contribution < 1.29 is 15.3 Å². The molecule has 0 amide bonds. The molecule has 0 aliphatic rings. The standard InChI is InChI=1S/C22H36N2O3/c25-17-11-5-4-7-15-21(27)20(26)14-6-2-1-3-8-16-22-23-18-12-9-10-13-19(18)24-22/h9-10,12-13,20-21,25-27H,1-8,11,14-17H2,(H,23,24). The molecule has 1 heterocycles. The Hall–Kier alpha value is -1.43. The van der Waals surface area contributed by atoms with Crippen molar-refractivity contribution in [1.82, 2.24) is 9.97 Å². The normalized spacial score (nSPS) is 13.9. The summed E-state index contributed by atoms with van der Waals surface area (Å²) >= 11 is 0. The zero-order valence-corrected chi connectivity index (χ0v) is 16.4. The summed E-state index contributed by atoms with van der Waals surface area (Å²) in [5, 5.41) is 28.8. The molecule has 0 spiro atoms. The molecule has 2 aromatic rings. The lowest BCUT2D eigenvalue weighted by Crippen LogP contribution is -2.25. The predicted octanol–water partition coefficient (Wildman–Crippen LogP) is 4.11. The van der Waals surface area contributed by atoms with Crippen molar-refractivity contribution in [2.45, 2.75) is 89.3 Å². The Balaban J connectivity index is 1.46. The van der Waals surface area contributed by atoms with Crippen LogP contribution in [0.1, 0.15) is 76.5 Å². The molecule has 4 N–H and O–H groups in total. The van der Waals surface area contributed by atoms with Crippen LogP contribution in [0.5, 0.6) is 0 Å². The van der Waals surface area contributed by atoms with Gasteiger partial charge in [0.15, 0.2) is 0 Å². The van der Waals surface area contributed by atoms with Crippen LogP contribution in [0, 0.1) is 0 Å². The molecule has 152 valence electrons. The number of aromatic nitrogens is 2. The monoisotopic (exact) mass is 376 g/mol.